The second-order valence-electron chi connectivity index (χ2n) is 6.25. The monoisotopic (exact) mass is 352 g/mol. The lowest BCUT2D eigenvalue weighted by Gasteiger charge is -2.35. The highest BCUT2D eigenvalue weighted by molar-refractivity contribution is 5.33. The van der Waals surface area contributed by atoms with Crippen molar-refractivity contribution in [2.24, 2.45) is 0 Å². The molecular formula is C19H32N2O4. The molecule has 3 aliphatic rings. The van der Waals surface area contributed by atoms with E-state index < -0.39 is 6.10 Å². The van der Waals surface area contributed by atoms with Gasteiger partial charge >= 0.3 is 0 Å². The third kappa shape index (κ3) is 6.47. The number of piperazine rings is 1. The third-order valence-corrected chi connectivity index (χ3v) is 4.37. The summed E-state index contributed by atoms with van der Waals surface area (Å²) in [7, 11) is 1.62. The molecule has 3 rings (SSSR count). The van der Waals surface area contributed by atoms with Gasteiger partial charge in [-0.2, -0.15) is 0 Å². The van der Waals surface area contributed by atoms with Crippen LogP contribution in [0.4, 0.5) is 0 Å². The maximum atomic E-state index is 9.82. The zero-order valence-electron chi connectivity index (χ0n) is 15.7. The number of aliphatic hydroxyl groups is 1. The number of hydrogen-bond donors (Lipinski definition) is 1. The van der Waals surface area contributed by atoms with E-state index in [1.54, 1.807) is 7.11 Å². The van der Waals surface area contributed by atoms with E-state index in [9.17, 15) is 5.11 Å². The van der Waals surface area contributed by atoms with Crippen LogP contribution in [0.3, 0.4) is 0 Å². The molecule has 1 atom stereocenters. The van der Waals surface area contributed by atoms with E-state index in [2.05, 4.69) is 28.0 Å². The van der Waals surface area contributed by atoms with Crippen LogP contribution >= 0.6 is 0 Å². The van der Waals surface area contributed by atoms with Crippen LogP contribution in [-0.2, 0) is 14.2 Å². The van der Waals surface area contributed by atoms with Gasteiger partial charge < -0.3 is 19.3 Å². The first-order valence-corrected chi connectivity index (χ1v) is 9.20. The van der Waals surface area contributed by atoms with E-state index >= 15 is 0 Å². The van der Waals surface area contributed by atoms with Crippen molar-refractivity contribution in [1.29, 1.82) is 0 Å². The van der Waals surface area contributed by atoms with Crippen LogP contribution in [0.2, 0.25) is 0 Å². The Morgan fingerprint density at radius 3 is 2.48 bits per heavy atom. The molecule has 1 aliphatic carbocycles. The minimum atomic E-state index is -0.399. The average Bonchev–Trinajstić information content (AvgIpc) is 2.76. The normalized spacial score (nSPS) is 22.2. The second-order valence-corrected chi connectivity index (χ2v) is 6.25. The molecule has 6 nitrogen and oxygen atoms in total. The van der Waals surface area contributed by atoms with Gasteiger partial charge in [0.1, 0.15) is 11.5 Å². The zero-order chi connectivity index (χ0) is 18.1. The Kier molecular flexibility index (Phi) is 8.48. The number of aliphatic hydroxyl groups excluding tert-OH is 1. The summed E-state index contributed by atoms with van der Waals surface area (Å²) in [6.45, 7) is 10.3. The molecule has 2 bridgehead atoms. The van der Waals surface area contributed by atoms with Gasteiger partial charge in [-0.15, -0.1) is 0 Å². The number of methoxy groups -OCH3 is 1. The van der Waals surface area contributed by atoms with Gasteiger partial charge in [0.2, 0.25) is 6.79 Å². The number of allylic oxidation sites excluding steroid dienone is 2. The number of β-amino-alcohol motifs (C(OH)–C–C–N with tert-alkyl or cyclic N) is 1. The predicted molar refractivity (Wildman–Crippen MR) is 98.0 cm³/mol. The summed E-state index contributed by atoms with van der Waals surface area (Å²) < 4.78 is 15.9. The predicted octanol–water partition coefficient (Wildman–Crippen LogP) is 1.74. The van der Waals surface area contributed by atoms with Gasteiger partial charge in [0.25, 0.3) is 0 Å². The van der Waals surface area contributed by atoms with Gasteiger partial charge in [0.15, 0.2) is 0 Å². The molecule has 0 spiro atoms. The van der Waals surface area contributed by atoms with Crippen molar-refractivity contribution < 1.29 is 19.3 Å². The second kappa shape index (κ2) is 10.6. The van der Waals surface area contributed by atoms with Crippen molar-refractivity contribution in [2.75, 3.05) is 59.8 Å². The van der Waals surface area contributed by atoms with Gasteiger partial charge in [0, 0.05) is 46.4 Å². The van der Waals surface area contributed by atoms with Crippen molar-refractivity contribution >= 4 is 0 Å². The minimum absolute atomic E-state index is 0.321. The lowest BCUT2D eigenvalue weighted by Crippen LogP contribution is -2.49. The summed E-state index contributed by atoms with van der Waals surface area (Å²) in [6.07, 6.45) is 6.68. The molecule has 1 N–H and O–H groups in total. The molecule has 0 amide bonds. The molecular weight excluding hydrogens is 320 g/mol. The van der Waals surface area contributed by atoms with E-state index in [0.29, 0.717) is 19.9 Å². The molecule has 1 unspecified atom stereocenters. The topological polar surface area (TPSA) is 54.4 Å². The smallest absolute Gasteiger partial charge is 0.229 e. The standard InChI is InChI=1S/C17H26N2O4.C2H6/c1-21-12-15(20)11-19-6-4-18(5-7-19)10-14-2-3-16-9-17(8-14)23-13-22-16;1-2/h2-3,8,15,20H,4-7,9-13H2,1H3;1-2H3. The number of rotatable bonds is 6. The third-order valence-electron chi connectivity index (χ3n) is 4.37. The fourth-order valence-electron chi connectivity index (χ4n) is 3.14. The van der Waals surface area contributed by atoms with Crippen LogP contribution in [0.1, 0.15) is 20.3 Å². The lowest BCUT2D eigenvalue weighted by atomic mass is 10.2. The fraction of sp³-hybridized carbons (Fsp3) is 0.684. The van der Waals surface area contributed by atoms with Gasteiger partial charge in [-0.25, -0.2) is 0 Å². The number of hydrogen-bond acceptors (Lipinski definition) is 6. The molecule has 0 aromatic heterocycles. The van der Waals surface area contributed by atoms with Crippen molar-refractivity contribution in [1.82, 2.24) is 9.80 Å². The van der Waals surface area contributed by atoms with Gasteiger partial charge in [0.05, 0.1) is 19.1 Å². The minimum Gasteiger partial charge on any atom is -0.461 e. The van der Waals surface area contributed by atoms with Crippen molar-refractivity contribution in [3.63, 3.8) is 0 Å². The first-order chi connectivity index (χ1) is 12.2. The first kappa shape index (κ1) is 20.0. The zero-order valence-corrected chi connectivity index (χ0v) is 15.7. The highest BCUT2D eigenvalue weighted by Gasteiger charge is 2.21. The first-order valence-electron chi connectivity index (χ1n) is 9.20. The summed E-state index contributed by atoms with van der Waals surface area (Å²) in [4.78, 5) is 4.74. The molecule has 2 saturated heterocycles. The van der Waals surface area contributed by atoms with Crippen LogP contribution < -0.4 is 0 Å². The van der Waals surface area contributed by atoms with E-state index in [0.717, 1.165) is 50.7 Å². The summed E-state index contributed by atoms with van der Waals surface area (Å²) in [6, 6.07) is 0. The van der Waals surface area contributed by atoms with Gasteiger partial charge in [-0.05, 0) is 17.7 Å². The Morgan fingerprint density at radius 2 is 1.76 bits per heavy atom. The van der Waals surface area contributed by atoms with Crippen LogP contribution in [0.15, 0.2) is 35.3 Å². The lowest BCUT2D eigenvalue weighted by molar-refractivity contribution is -0.0208. The Labute approximate surface area is 151 Å². The largest absolute Gasteiger partial charge is 0.461 e. The fourth-order valence-corrected chi connectivity index (χ4v) is 3.14. The van der Waals surface area contributed by atoms with Crippen LogP contribution in [0.5, 0.6) is 0 Å². The maximum Gasteiger partial charge on any atom is 0.229 e. The molecule has 2 fully saturated rings. The Bertz CT molecular complexity index is 494. The average molecular weight is 352 g/mol. The van der Waals surface area contributed by atoms with Crippen LogP contribution in [0.25, 0.3) is 0 Å². The van der Waals surface area contributed by atoms with Crippen molar-refractivity contribution in [2.45, 2.75) is 26.4 Å². The molecule has 0 aromatic rings. The molecule has 0 radical (unpaired) electrons. The molecule has 6 heteroatoms. The van der Waals surface area contributed by atoms with Crippen LogP contribution in [0, 0.1) is 0 Å². The Balaban J connectivity index is 0.00000109. The Hall–Kier alpha value is -1.34. The molecule has 142 valence electrons. The summed E-state index contributed by atoms with van der Waals surface area (Å²) >= 11 is 0. The number of nitrogens with zero attached hydrogens (tertiary/aromatic N) is 2. The van der Waals surface area contributed by atoms with Crippen LogP contribution in [-0.4, -0.2) is 80.8 Å². The molecule has 0 saturated carbocycles. The van der Waals surface area contributed by atoms with Crippen molar-refractivity contribution in [3.05, 3.63) is 35.3 Å². The number of fused-ring (bicyclic) bond motifs is 2. The molecule has 25 heavy (non-hydrogen) atoms. The van der Waals surface area contributed by atoms with Gasteiger partial charge in [-0.3, -0.25) is 9.80 Å². The van der Waals surface area contributed by atoms with E-state index in [4.69, 9.17) is 14.2 Å². The summed E-state index contributed by atoms with van der Waals surface area (Å²) in [5, 5.41) is 9.82. The van der Waals surface area contributed by atoms with E-state index in [1.807, 2.05) is 13.8 Å². The summed E-state index contributed by atoms with van der Waals surface area (Å²) in [5.74, 6) is 1.97. The molecule has 0 aromatic carbocycles. The van der Waals surface area contributed by atoms with Crippen molar-refractivity contribution in [3.8, 4) is 0 Å². The summed E-state index contributed by atoms with van der Waals surface area (Å²) in [5.41, 5.74) is 1.26. The molecule has 2 aliphatic heterocycles. The Morgan fingerprint density at radius 1 is 1.08 bits per heavy atom. The quantitative estimate of drug-likeness (QED) is 0.786. The SMILES string of the molecule is CC.COCC(O)CN1CCN(CC2=CC=C3CC(=C2)OCO3)CC1. The van der Waals surface area contributed by atoms with Gasteiger partial charge in [-0.1, -0.05) is 19.9 Å². The number of ether oxygens (including phenoxy) is 3. The van der Waals surface area contributed by atoms with E-state index in [-0.39, 0.29) is 0 Å². The molecule has 2 heterocycles. The maximum absolute atomic E-state index is 9.82. The van der Waals surface area contributed by atoms with E-state index in [1.165, 1.54) is 5.57 Å². The highest BCUT2D eigenvalue weighted by atomic mass is 16.7. The highest BCUT2D eigenvalue weighted by Crippen LogP contribution is 2.24.